The highest BCUT2D eigenvalue weighted by Gasteiger charge is 2.41. The van der Waals surface area contributed by atoms with Gasteiger partial charge in [0.2, 0.25) is 0 Å². The van der Waals surface area contributed by atoms with E-state index in [2.05, 4.69) is 111 Å². The van der Waals surface area contributed by atoms with E-state index in [1.54, 1.807) is 5.56 Å². The molecule has 0 radical (unpaired) electrons. The van der Waals surface area contributed by atoms with Gasteiger partial charge in [0.1, 0.15) is 11.4 Å². The monoisotopic (exact) mass is 444 g/mol. The first-order valence-electron chi connectivity index (χ1n) is 12.9. The minimum Gasteiger partial charge on any atom is -0.488 e. The highest BCUT2D eigenvalue weighted by molar-refractivity contribution is 5.59. The smallest absolute Gasteiger partial charge is 0.127 e. The zero-order chi connectivity index (χ0) is 25.5. The van der Waals surface area contributed by atoms with Gasteiger partial charge >= 0.3 is 0 Å². The molecule has 1 rings (SSSR count). The number of ether oxygens (including phenoxy) is 1. The van der Waals surface area contributed by atoms with Crippen LogP contribution in [0.5, 0.6) is 5.75 Å². The Morgan fingerprint density at radius 3 is 1.09 bits per heavy atom. The van der Waals surface area contributed by atoms with Crippen molar-refractivity contribution in [3.63, 3.8) is 0 Å². The van der Waals surface area contributed by atoms with Crippen LogP contribution in [0.3, 0.4) is 0 Å². The van der Waals surface area contributed by atoms with Crippen LogP contribution in [0.15, 0.2) is 0 Å². The Balaban J connectivity index is 4.34. The Hall–Kier alpha value is -0.980. The van der Waals surface area contributed by atoms with E-state index in [1.165, 1.54) is 28.0 Å². The molecule has 0 heterocycles. The van der Waals surface area contributed by atoms with Gasteiger partial charge < -0.3 is 4.74 Å². The SMILES string of the molecule is CCc1c(CC(C)(C)C)c(OC(C)(C)C)c(CC(C)(C)C)c(CC)c1C(C)(C)C(C)(C)C. The molecule has 0 atom stereocenters. The first-order chi connectivity index (χ1) is 14.1. The maximum atomic E-state index is 6.89. The molecule has 0 saturated heterocycles. The average molecular weight is 445 g/mol. The van der Waals surface area contributed by atoms with Crippen LogP contribution in [0.1, 0.15) is 139 Å². The van der Waals surface area contributed by atoms with Crippen LogP contribution in [-0.4, -0.2) is 5.60 Å². The number of hydrogen-bond acceptors (Lipinski definition) is 1. The van der Waals surface area contributed by atoms with Crippen molar-refractivity contribution in [2.45, 2.75) is 147 Å². The van der Waals surface area contributed by atoms with E-state index in [9.17, 15) is 0 Å². The van der Waals surface area contributed by atoms with Crippen LogP contribution in [0.4, 0.5) is 0 Å². The summed E-state index contributed by atoms with van der Waals surface area (Å²) in [5.74, 6) is 1.18. The zero-order valence-corrected chi connectivity index (χ0v) is 24.7. The Morgan fingerprint density at radius 2 is 0.875 bits per heavy atom. The quantitative estimate of drug-likeness (QED) is 0.424. The Bertz CT molecular complexity index is 735. The first kappa shape index (κ1) is 29.1. The summed E-state index contributed by atoms with van der Waals surface area (Å²) in [4.78, 5) is 0. The highest BCUT2D eigenvalue weighted by atomic mass is 16.5. The van der Waals surface area contributed by atoms with Gasteiger partial charge in [0, 0.05) is 0 Å². The van der Waals surface area contributed by atoms with Gasteiger partial charge in [-0.05, 0) is 95.9 Å². The van der Waals surface area contributed by atoms with Crippen molar-refractivity contribution in [1.29, 1.82) is 0 Å². The molecule has 0 bridgehead atoms. The molecule has 0 amide bonds. The van der Waals surface area contributed by atoms with Crippen LogP contribution in [0.25, 0.3) is 0 Å². The normalized spacial score (nSPS) is 14.1. The molecular formula is C31H56O. The van der Waals surface area contributed by atoms with Gasteiger partial charge in [0.05, 0.1) is 0 Å². The molecule has 0 aromatic heterocycles. The van der Waals surface area contributed by atoms with Crippen molar-refractivity contribution in [2.75, 3.05) is 0 Å². The molecule has 0 spiro atoms. The van der Waals surface area contributed by atoms with E-state index in [0.29, 0.717) is 0 Å². The lowest BCUT2D eigenvalue weighted by Gasteiger charge is -2.44. The fourth-order valence-electron chi connectivity index (χ4n) is 4.71. The van der Waals surface area contributed by atoms with E-state index < -0.39 is 0 Å². The number of benzene rings is 1. The van der Waals surface area contributed by atoms with Gasteiger partial charge in [-0.15, -0.1) is 0 Å². The van der Waals surface area contributed by atoms with E-state index in [1.807, 2.05) is 0 Å². The van der Waals surface area contributed by atoms with Crippen molar-refractivity contribution < 1.29 is 4.74 Å². The zero-order valence-electron chi connectivity index (χ0n) is 24.7. The third-order valence-corrected chi connectivity index (χ3v) is 6.91. The Kier molecular flexibility index (Phi) is 8.48. The van der Waals surface area contributed by atoms with Crippen LogP contribution < -0.4 is 4.74 Å². The second kappa shape index (κ2) is 9.34. The second-order valence-electron chi connectivity index (χ2n) is 14.9. The fraction of sp³-hybridized carbons (Fsp3) is 0.806. The first-order valence-corrected chi connectivity index (χ1v) is 12.9. The van der Waals surface area contributed by atoms with Gasteiger partial charge in [-0.1, -0.05) is 90.0 Å². The van der Waals surface area contributed by atoms with Gasteiger partial charge in [-0.25, -0.2) is 0 Å². The maximum absolute atomic E-state index is 6.89. The lowest BCUT2D eigenvalue weighted by Crippen LogP contribution is -2.37. The minimum atomic E-state index is -0.226. The van der Waals surface area contributed by atoms with Crippen molar-refractivity contribution >= 4 is 0 Å². The average Bonchev–Trinajstić information content (AvgIpc) is 2.52. The molecule has 1 heteroatoms. The van der Waals surface area contributed by atoms with Gasteiger partial charge in [-0.3, -0.25) is 0 Å². The van der Waals surface area contributed by atoms with Crippen LogP contribution >= 0.6 is 0 Å². The standard InChI is InChI=1S/C31H56O/c1-17-21-23(19-27(3,4)5)26(32-30(12,13)14)24(20-28(6,7)8)22(18-2)25(21)31(15,16)29(9,10)11/h17-20H2,1-16H3. The third kappa shape index (κ3) is 7.01. The summed E-state index contributed by atoms with van der Waals surface area (Å²) < 4.78 is 6.89. The third-order valence-electron chi connectivity index (χ3n) is 6.91. The molecule has 32 heavy (non-hydrogen) atoms. The summed E-state index contributed by atoms with van der Waals surface area (Å²) in [6.07, 6.45) is 4.17. The summed E-state index contributed by atoms with van der Waals surface area (Å²) in [6.45, 7) is 37.6. The summed E-state index contributed by atoms with van der Waals surface area (Å²) >= 11 is 0. The van der Waals surface area contributed by atoms with E-state index in [-0.39, 0.29) is 27.3 Å². The van der Waals surface area contributed by atoms with E-state index in [4.69, 9.17) is 4.74 Å². The number of hydrogen-bond donors (Lipinski definition) is 0. The predicted molar refractivity (Wildman–Crippen MR) is 144 cm³/mol. The van der Waals surface area contributed by atoms with Crippen LogP contribution in [0, 0.1) is 16.2 Å². The largest absolute Gasteiger partial charge is 0.488 e. The second-order valence-corrected chi connectivity index (χ2v) is 14.9. The van der Waals surface area contributed by atoms with Crippen molar-refractivity contribution in [1.82, 2.24) is 0 Å². The summed E-state index contributed by atoms with van der Waals surface area (Å²) in [5.41, 5.74) is 7.95. The highest BCUT2D eigenvalue weighted by Crippen LogP contribution is 2.50. The predicted octanol–water partition coefficient (Wildman–Crippen LogP) is 9.49. The maximum Gasteiger partial charge on any atom is 0.127 e. The van der Waals surface area contributed by atoms with Crippen molar-refractivity contribution in [2.24, 2.45) is 16.2 Å². The molecule has 1 nitrogen and oxygen atoms in total. The van der Waals surface area contributed by atoms with E-state index in [0.717, 1.165) is 25.7 Å². The summed E-state index contributed by atoms with van der Waals surface area (Å²) in [6, 6.07) is 0. The van der Waals surface area contributed by atoms with Gasteiger partial charge in [0.15, 0.2) is 0 Å². The number of rotatable bonds is 6. The molecule has 0 aliphatic heterocycles. The molecule has 0 saturated carbocycles. The summed E-state index contributed by atoms with van der Waals surface area (Å²) in [7, 11) is 0. The molecule has 0 aliphatic rings. The van der Waals surface area contributed by atoms with Gasteiger partial charge in [0.25, 0.3) is 0 Å². The molecule has 1 aromatic rings. The van der Waals surface area contributed by atoms with Crippen molar-refractivity contribution in [3.8, 4) is 5.75 Å². The fourth-order valence-corrected chi connectivity index (χ4v) is 4.71. The molecule has 186 valence electrons. The molecule has 1 aromatic carbocycles. The molecular weight excluding hydrogens is 388 g/mol. The molecule has 0 fully saturated rings. The van der Waals surface area contributed by atoms with Gasteiger partial charge in [-0.2, -0.15) is 0 Å². The van der Waals surface area contributed by atoms with Crippen LogP contribution in [0.2, 0.25) is 0 Å². The Labute approximate surface area is 202 Å². The topological polar surface area (TPSA) is 9.23 Å². The molecule has 0 aliphatic carbocycles. The minimum absolute atomic E-state index is 0.0587. The summed E-state index contributed by atoms with van der Waals surface area (Å²) in [5, 5.41) is 0. The van der Waals surface area contributed by atoms with E-state index >= 15 is 0 Å². The lowest BCUT2D eigenvalue weighted by molar-refractivity contribution is 0.125. The van der Waals surface area contributed by atoms with Crippen LogP contribution in [-0.2, 0) is 31.1 Å². The molecule has 0 unspecified atom stereocenters. The Morgan fingerprint density at radius 1 is 0.531 bits per heavy atom. The lowest BCUT2D eigenvalue weighted by atomic mass is 9.61. The van der Waals surface area contributed by atoms with Crippen molar-refractivity contribution in [3.05, 3.63) is 27.8 Å². The molecule has 0 N–H and O–H groups in total.